The largest absolute Gasteiger partial charge is 0.458 e. The van der Waals surface area contributed by atoms with Gasteiger partial charge in [0.05, 0.1) is 11.8 Å². The standard InChI is InChI=1S/C18H18ClN3O2/c1-2-22-10-11(9-20-22)18(23)24-13-4-6-17-15(8-13)14-7-12(19)3-5-16(14)21-17/h3,5,7,9-10,13,21H,2,4,6,8H2,1H3/t13-/m0/s1. The fourth-order valence-electron chi connectivity index (χ4n) is 3.32. The molecule has 124 valence electrons. The maximum Gasteiger partial charge on any atom is 0.341 e. The van der Waals surface area contributed by atoms with Gasteiger partial charge in [-0.1, -0.05) is 11.6 Å². The van der Waals surface area contributed by atoms with E-state index in [-0.39, 0.29) is 12.1 Å². The second-order valence-corrected chi connectivity index (χ2v) is 6.56. The molecule has 1 aliphatic carbocycles. The first-order valence-electron chi connectivity index (χ1n) is 8.16. The van der Waals surface area contributed by atoms with Crippen LogP contribution in [0.1, 0.15) is 35.0 Å². The van der Waals surface area contributed by atoms with Crippen LogP contribution in [0.4, 0.5) is 0 Å². The molecule has 6 heteroatoms. The number of aromatic nitrogens is 3. The van der Waals surface area contributed by atoms with Crippen molar-refractivity contribution in [1.29, 1.82) is 0 Å². The van der Waals surface area contributed by atoms with E-state index in [1.165, 1.54) is 11.3 Å². The Labute approximate surface area is 144 Å². The lowest BCUT2D eigenvalue weighted by Crippen LogP contribution is -2.25. The minimum absolute atomic E-state index is 0.118. The van der Waals surface area contributed by atoms with E-state index >= 15 is 0 Å². The number of hydrogen-bond donors (Lipinski definition) is 1. The number of hydrogen-bond acceptors (Lipinski definition) is 3. The van der Waals surface area contributed by atoms with Crippen molar-refractivity contribution in [2.24, 2.45) is 0 Å². The number of nitrogens with zero attached hydrogens (tertiary/aromatic N) is 2. The van der Waals surface area contributed by atoms with Crippen LogP contribution in [0.3, 0.4) is 0 Å². The quantitative estimate of drug-likeness (QED) is 0.737. The van der Waals surface area contributed by atoms with Crippen LogP contribution in [0.5, 0.6) is 0 Å². The molecule has 0 spiro atoms. The molecule has 1 N–H and O–H groups in total. The summed E-state index contributed by atoms with van der Waals surface area (Å²) in [5.41, 5.74) is 4.02. The molecule has 0 saturated carbocycles. The number of aryl methyl sites for hydroxylation is 2. The van der Waals surface area contributed by atoms with Gasteiger partial charge in [0.2, 0.25) is 0 Å². The second kappa shape index (κ2) is 5.98. The maximum atomic E-state index is 12.3. The van der Waals surface area contributed by atoms with Crippen molar-refractivity contribution < 1.29 is 9.53 Å². The zero-order valence-corrected chi connectivity index (χ0v) is 14.1. The summed E-state index contributed by atoms with van der Waals surface area (Å²) < 4.78 is 7.42. The summed E-state index contributed by atoms with van der Waals surface area (Å²) in [6, 6.07) is 5.85. The number of carbonyl (C=O) groups excluding carboxylic acids is 1. The van der Waals surface area contributed by atoms with E-state index in [0.29, 0.717) is 12.0 Å². The molecule has 4 rings (SSSR count). The smallest absolute Gasteiger partial charge is 0.341 e. The average molecular weight is 344 g/mol. The third kappa shape index (κ3) is 2.69. The number of H-pyrrole nitrogens is 1. The molecule has 0 aliphatic heterocycles. The molecule has 0 radical (unpaired) electrons. The van der Waals surface area contributed by atoms with Crippen LogP contribution in [-0.2, 0) is 24.1 Å². The van der Waals surface area contributed by atoms with Crippen LogP contribution in [0.25, 0.3) is 10.9 Å². The van der Waals surface area contributed by atoms with Gasteiger partial charge in [0.15, 0.2) is 0 Å². The number of esters is 1. The first-order chi connectivity index (χ1) is 11.6. The molecule has 0 saturated heterocycles. The van der Waals surface area contributed by atoms with Gasteiger partial charge in [0, 0.05) is 40.8 Å². The van der Waals surface area contributed by atoms with E-state index in [4.69, 9.17) is 16.3 Å². The number of fused-ring (bicyclic) bond motifs is 3. The summed E-state index contributed by atoms with van der Waals surface area (Å²) in [6.07, 6.45) is 5.57. The van der Waals surface area contributed by atoms with Gasteiger partial charge >= 0.3 is 5.97 Å². The fourth-order valence-corrected chi connectivity index (χ4v) is 3.49. The Morgan fingerprint density at radius 1 is 1.50 bits per heavy atom. The SMILES string of the molecule is CCn1cc(C(=O)O[C@H]2CCc3[nH]c4ccc(Cl)cc4c3C2)cn1. The van der Waals surface area contributed by atoms with Gasteiger partial charge in [0.25, 0.3) is 0 Å². The lowest BCUT2D eigenvalue weighted by atomic mass is 9.93. The average Bonchev–Trinajstić information content (AvgIpc) is 3.19. The summed E-state index contributed by atoms with van der Waals surface area (Å²) in [7, 11) is 0. The Morgan fingerprint density at radius 3 is 3.17 bits per heavy atom. The molecule has 5 nitrogen and oxygen atoms in total. The molecule has 0 amide bonds. The first-order valence-corrected chi connectivity index (χ1v) is 8.54. The normalized spacial score (nSPS) is 17.0. The summed E-state index contributed by atoms with van der Waals surface area (Å²) >= 11 is 6.13. The monoisotopic (exact) mass is 343 g/mol. The molecule has 1 aromatic carbocycles. The van der Waals surface area contributed by atoms with Crippen molar-refractivity contribution in [3.8, 4) is 0 Å². The molecule has 2 aromatic heterocycles. The van der Waals surface area contributed by atoms with E-state index in [1.54, 1.807) is 17.1 Å². The molecule has 2 heterocycles. The van der Waals surface area contributed by atoms with E-state index in [0.717, 1.165) is 35.3 Å². The van der Waals surface area contributed by atoms with Gasteiger partial charge in [-0.25, -0.2) is 4.79 Å². The highest BCUT2D eigenvalue weighted by atomic mass is 35.5. The van der Waals surface area contributed by atoms with Gasteiger partial charge in [-0.2, -0.15) is 5.10 Å². The van der Waals surface area contributed by atoms with Crippen molar-refractivity contribution in [2.75, 3.05) is 0 Å². The zero-order valence-electron chi connectivity index (χ0n) is 13.4. The van der Waals surface area contributed by atoms with Crippen molar-refractivity contribution in [1.82, 2.24) is 14.8 Å². The highest BCUT2D eigenvalue weighted by Crippen LogP contribution is 2.32. The summed E-state index contributed by atoms with van der Waals surface area (Å²) in [5.74, 6) is -0.305. The number of ether oxygens (including phenoxy) is 1. The molecule has 0 fully saturated rings. The van der Waals surface area contributed by atoms with Gasteiger partial charge in [-0.15, -0.1) is 0 Å². The van der Waals surface area contributed by atoms with Crippen LogP contribution in [0, 0.1) is 0 Å². The minimum atomic E-state index is -0.305. The van der Waals surface area contributed by atoms with Crippen molar-refractivity contribution >= 4 is 28.5 Å². The van der Waals surface area contributed by atoms with Gasteiger partial charge in [-0.3, -0.25) is 4.68 Å². The van der Waals surface area contributed by atoms with E-state index in [9.17, 15) is 4.79 Å². The lowest BCUT2D eigenvalue weighted by Gasteiger charge is -2.22. The van der Waals surface area contributed by atoms with Crippen LogP contribution in [0.2, 0.25) is 5.02 Å². The Morgan fingerprint density at radius 2 is 2.38 bits per heavy atom. The topological polar surface area (TPSA) is 59.9 Å². The lowest BCUT2D eigenvalue weighted by molar-refractivity contribution is 0.0271. The number of benzene rings is 1. The van der Waals surface area contributed by atoms with Crippen LogP contribution < -0.4 is 0 Å². The molecule has 0 unspecified atom stereocenters. The zero-order chi connectivity index (χ0) is 16.7. The molecular weight excluding hydrogens is 326 g/mol. The number of halogens is 1. The molecule has 1 aliphatic rings. The molecule has 0 bridgehead atoms. The van der Waals surface area contributed by atoms with Crippen LogP contribution >= 0.6 is 11.6 Å². The van der Waals surface area contributed by atoms with Crippen molar-refractivity contribution in [3.63, 3.8) is 0 Å². The van der Waals surface area contributed by atoms with E-state index < -0.39 is 0 Å². The van der Waals surface area contributed by atoms with Gasteiger partial charge in [0.1, 0.15) is 6.10 Å². The predicted octanol–water partition coefficient (Wildman–Crippen LogP) is 3.75. The number of rotatable bonds is 3. The molecule has 1 atom stereocenters. The van der Waals surface area contributed by atoms with Crippen LogP contribution in [0.15, 0.2) is 30.6 Å². The highest BCUT2D eigenvalue weighted by molar-refractivity contribution is 6.31. The Hall–Kier alpha value is -2.27. The molecule has 24 heavy (non-hydrogen) atoms. The van der Waals surface area contributed by atoms with Crippen molar-refractivity contribution in [2.45, 2.75) is 38.8 Å². The Bertz CT molecular complexity index is 912. The van der Waals surface area contributed by atoms with E-state index in [1.807, 2.05) is 25.1 Å². The summed E-state index contributed by atoms with van der Waals surface area (Å²) in [6.45, 7) is 2.71. The Balaban J connectivity index is 1.54. The molecular formula is C18H18ClN3O2. The number of aromatic amines is 1. The van der Waals surface area contributed by atoms with Gasteiger partial charge < -0.3 is 9.72 Å². The summed E-state index contributed by atoms with van der Waals surface area (Å²) in [4.78, 5) is 15.8. The predicted molar refractivity (Wildman–Crippen MR) is 92.4 cm³/mol. The number of nitrogens with one attached hydrogen (secondary N) is 1. The summed E-state index contributed by atoms with van der Waals surface area (Å²) in [5, 5.41) is 5.96. The Kier molecular flexibility index (Phi) is 3.81. The maximum absolute atomic E-state index is 12.3. The highest BCUT2D eigenvalue weighted by Gasteiger charge is 2.26. The van der Waals surface area contributed by atoms with Crippen molar-refractivity contribution in [3.05, 3.63) is 52.4 Å². The third-order valence-corrected chi connectivity index (χ3v) is 4.81. The van der Waals surface area contributed by atoms with Gasteiger partial charge in [-0.05, 0) is 43.5 Å². The van der Waals surface area contributed by atoms with E-state index in [2.05, 4.69) is 10.1 Å². The molecule has 3 aromatic rings. The van der Waals surface area contributed by atoms with Crippen LogP contribution in [-0.4, -0.2) is 26.8 Å². The first kappa shape index (κ1) is 15.3. The fraction of sp³-hybridized carbons (Fsp3) is 0.333. The number of carbonyl (C=O) groups is 1. The third-order valence-electron chi connectivity index (χ3n) is 4.57. The minimum Gasteiger partial charge on any atom is -0.458 e. The second-order valence-electron chi connectivity index (χ2n) is 6.13.